The van der Waals surface area contributed by atoms with Crippen molar-refractivity contribution in [3.05, 3.63) is 28.5 Å². The summed E-state index contributed by atoms with van der Waals surface area (Å²) in [5, 5.41) is 13.3. The van der Waals surface area contributed by atoms with Crippen molar-refractivity contribution in [1.82, 2.24) is 10.1 Å². The molecule has 0 aliphatic carbocycles. The van der Waals surface area contributed by atoms with Crippen LogP contribution in [0.3, 0.4) is 0 Å². The summed E-state index contributed by atoms with van der Waals surface area (Å²) in [6.07, 6.45) is 0.728. The van der Waals surface area contributed by atoms with Crippen molar-refractivity contribution in [2.45, 2.75) is 13.3 Å². The SMILES string of the molecule is CCc1noc(-c2ccc(Br)c(O)c2)n1. The van der Waals surface area contributed by atoms with Gasteiger partial charge in [0.1, 0.15) is 5.75 Å². The summed E-state index contributed by atoms with van der Waals surface area (Å²) in [6.45, 7) is 1.95. The molecule has 4 nitrogen and oxygen atoms in total. The average Bonchev–Trinajstić information content (AvgIpc) is 2.70. The van der Waals surface area contributed by atoms with Gasteiger partial charge in [0.2, 0.25) is 0 Å². The second-order valence-electron chi connectivity index (χ2n) is 3.04. The fourth-order valence-corrected chi connectivity index (χ4v) is 1.41. The second kappa shape index (κ2) is 4.02. The molecule has 0 saturated carbocycles. The van der Waals surface area contributed by atoms with Gasteiger partial charge >= 0.3 is 0 Å². The molecule has 0 atom stereocenters. The van der Waals surface area contributed by atoms with E-state index in [1.807, 2.05) is 6.92 Å². The topological polar surface area (TPSA) is 59.2 Å². The van der Waals surface area contributed by atoms with Gasteiger partial charge in [0.15, 0.2) is 5.82 Å². The molecule has 1 heterocycles. The van der Waals surface area contributed by atoms with Gasteiger partial charge in [0.25, 0.3) is 5.89 Å². The molecule has 0 spiro atoms. The molecule has 0 bridgehead atoms. The Morgan fingerprint density at radius 2 is 2.27 bits per heavy atom. The maximum atomic E-state index is 9.49. The van der Waals surface area contributed by atoms with E-state index in [4.69, 9.17) is 4.52 Å². The first-order chi connectivity index (χ1) is 7.20. The van der Waals surface area contributed by atoms with Crippen LogP contribution in [0.1, 0.15) is 12.7 Å². The van der Waals surface area contributed by atoms with Crippen LogP contribution >= 0.6 is 15.9 Å². The standard InChI is InChI=1S/C10H9BrN2O2/c1-2-9-12-10(15-13-9)6-3-4-7(11)8(14)5-6/h3-5,14H,2H2,1H3. The van der Waals surface area contributed by atoms with Crippen molar-refractivity contribution in [2.24, 2.45) is 0 Å². The van der Waals surface area contributed by atoms with Crippen LogP contribution in [0.5, 0.6) is 5.75 Å². The van der Waals surface area contributed by atoms with Gasteiger partial charge in [-0.25, -0.2) is 0 Å². The number of phenolic OH excluding ortho intramolecular Hbond substituents is 1. The molecule has 15 heavy (non-hydrogen) atoms. The summed E-state index contributed by atoms with van der Waals surface area (Å²) >= 11 is 3.20. The molecule has 0 unspecified atom stereocenters. The number of nitrogens with zero attached hydrogens (tertiary/aromatic N) is 2. The molecule has 0 saturated heterocycles. The highest BCUT2D eigenvalue weighted by Gasteiger charge is 2.09. The lowest BCUT2D eigenvalue weighted by Crippen LogP contribution is -1.82. The Labute approximate surface area is 95.1 Å². The van der Waals surface area contributed by atoms with Crippen LogP contribution in [0.15, 0.2) is 27.2 Å². The third-order valence-corrected chi connectivity index (χ3v) is 2.65. The second-order valence-corrected chi connectivity index (χ2v) is 3.89. The van der Waals surface area contributed by atoms with E-state index in [0.717, 1.165) is 6.42 Å². The number of aryl methyl sites for hydroxylation is 1. The summed E-state index contributed by atoms with van der Waals surface area (Å²) in [4.78, 5) is 4.17. The molecule has 78 valence electrons. The highest BCUT2D eigenvalue weighted by molar-refractivity contribution is 9.10. The maximum absolute atomic E-state index is 9.49. The zero-order chi connectivity index (χ0) is 10.8. The quantitative estimate of drug-likeness (QED) is 0.910. The molecule has 1 aromatic heterocycles. The molecule has 0 aliphatic rings. The summed E-state index contributed by atoms with van der Waals surface area (Å²) in [5.41, 5.74) is 0.711. The monoisotopic (exact) mass is 268 g/mol. The Hall–Kier alpha value is -1.36. The fourth-order valence-electron chi connectivity index (χ4n) is 1.16. The summed E-state index contributed by atoms with van der Waals surface area (Å²) in [5.74, 6) is 1.24. The number of hydrogen-bond donors (Lipinski definition) is 1. The Bertz CT molecular complexity index is 482. The van der Waals surface area contributed by atoms with Crippen molar-refractivity contribution in [3.63, 3.8) is 0 Å². The molecule has 2 rings (SSSR count). The zero-order valence-electron chi connectivity index (χ0n) is 8.07. The number of halogens is 1. The Balaban J connectivity index is 2.40. The summed E-state index contributed by atoms with van der Waals surface area (Å²) in [6, 6.07) is 5.12. The van der Waals surface area contributed by atoms with E-state index in [1.54, 1.807) is 18.2 Å². The molecule has 0 aliphatic heterocycles. The molecule has 5 heteroatoms. The molecule has 1 N–H and O–H groups in total. The minimum Gasteiger partial charge on any atom is -0.507 e. The maximum Gasteiger partial charge on any atom is 0.258 e. The number of aromatic hydroxyl groups is 1. The van der Waals surface area contributed by atoms with Crippen LogP contribution in [0.25, 0.3) is 11.5 Å². The normalized spacial score (nSPS) is 10.5. The van der Waals surface area contributed by atoms with Crippen LogP contribution in [-0.4, -0.2) is 15.2 Å². The van der Waals surface area contributed by atoms with Gasteiger partial charge in [0.05, 0.1) is 4.47 Å². The zero-order valence-corrected chi connectivity index (χ0v) is 9.65. The van der Waals surface area contributed by atoms with E-state index in [-0.39, 0.29) is 5.75 Å². The van der Waals surface area contributed by atoms with Gasteiger partial charge in [-0.05, 0) is 34.1 Å². The first kappa shape index (κ1) is 10.2. The van der Waals surface area contributed by atoms with Crippen molar-refractivity contribution in [1.29, 1.82) is 0 Å². The van der Waals surface area contributed by atoms with Gasteiger partial charge in [-0.15, -0.1) is 0 Å². The number of phenols is 1. The Kier molecular flexibility index (Phi) is 2.73. The van der Waals surface area contributed by atoms with E-state index >= 15 is 0 Å². The lowest BCUT2D eigenvalue weighted by Gasteiger charge is -1.97. The van der Waals surface area contributed by atoms with Crippen LogP contribution in [-0.2, 0) is 6.42 Å². The van der Waals surface area contributed by atoms with E-state index in [0.29, 0.717) is 21.8 Å². The number of benzene rings is 1. The van der Waals surface area contributed by atoms with Gasteiger partial charge < -0.3 is 9.63 Å². The number of hydrogen-bond acceptors (Lipinski definition) is 4. The molecule has 0 amide bonds. The highest BCUT2D eigenvalue weighted by atomic mass is 79.9. The molecule has 0 fully saturated rings. The number of rotatable bonds is 2. The summed E-state index contributed by atoms with van der Waals surface area (Å²) < 4.78 is 5.69. The molecular formula is C10H9BrN2O2. The largest absolute Gasteiger partial charge is 0.507 e. The smallest absolute Gasteiger partial charge is 0.258 e. The van der Waals surface area contributed by atoms with Crippen LogP contribution in [0.4, 0.5) is 0 Å². The van der Waals surface area contributed by atoms with Gasteiger partial charge in [-0.1, -0.05) is 12.1 Å². The average molecular weight is 269 g/mol. The van der Waals surface area contributed by atoms with Crippen molar-refractivity contribution in [3.8, 4) is 17.2 Å². The van der Waals surface area contributed by atoms with Crippen LogP contribution in [0.2, 0.25) is 0 Å². The lowest BCUT2D eigenvalue weighted by atomic mass is 10.2. The first-order valence-electron chi connectivity index (χ1n) is 4.52. The van der Waals surface area contributed by atoms with E-state index in [2.05, 4.69) is 26.1 Å². The highest BCUT2D eigenvalue weighted by Crippen LogP contribution is 2.28. The Morgan fingerprint density at radius 3 is 2.87 bits per heavy atom. The van der Waals surface area contributed by atoms with Crippen LogP contribution in [0, 0.1) is 0 Å². The minimum atomic E-state index is 0.156. The lowest BCUT2D eigenvalue weighted by molar-refractivity contribution is 0.422. The van der Waals surface area contributed by atoms with Gasteiger partial charge in [-0.2, -0.15) is 4.98 Å². The molecular weight excluding hydrogens is 260 g/mol. The van der Waals surface area contributed by atoms with Crippen molar-refractivity contribution >= 4 is 15.9 Å². The van der Waals surface area contributed by atoms with E-state index < -0.39 is 0 Å². The number of aromatic nitrogens is 2. The van der Waals surface area contributed by atoms with Gasteiger partial charge in [0, 0.05) is 12.0 Å². The van der Waals surface area contributed by atoms with E-state index in [1.165, 1.54) is 0 Å². The summed E-state index contributed by atoms with van der Waals surface area (Å²) in [7, 11) is 0. The predicted molar refractivity (Wildman–Crippen MR) is 58.5 cm³/mol. The third kappa shape index (κ3) is 2.02. The predicted octanol–water partition coefficient (Wildman–Crippen LogP) is 2.77. The first-order valence-corrected chi connectivity index (χ1v) is 5.31. The van der Waals surface area contributed by atoms with Gasteiger partial charge in [-0.3, -0.25) is 0 Å². The van der Waals surface area contributed by atoms with Crippen molar-refractivity contribution in [2.75, 3.05) is 0 Å². The third-order valence-electron chi connectivity index (χ3n) is 1.98. The van der Waals surface area contributed by atoms with Crippen LogP contribution < -0.4 is 0 Å². The molecule has 0 radical (unpaired) electrons. The fraction of sp³-hybridized carbons (Fsp3) is 0.200. The molecule has 1 aromatic carbocycles. The van der Waals surface area contributed by atoms with Crippen molar-refractivity contribution < 1.29 is 9.63 Å². The Morgan fingerprint density at radius 1 is 1.47 bits per heavy atom. The minimum absolute atomic E-state index is 0.156. The van der Waals surface area contributed by atoms with E-state index in [9.17, 15) is 5.11 Å². The molecule has 2 aromatic rings.